The maximum atomic E-state index is 13.1. The van der Waals surface area contributed by atoms with Crippen molar-refractivity contribution in [1.29, 1.82) is 0 Å². The fourth-order valence-electron chi connectivity index (χ4n) is 8.15. The van der Waals surface area contributed by atoms with Crippen LogP contribution in [0.3, 0.4) is 0 Å². The van der Waals surface area contributed by atoms with Crippen LogP contribution in [0.4, 0.5) is 0 Å². The van der Waals surface area contributed by atoms with Gasteiger partial charge in [-0.05, 0) is 76.9 Å². The van der Waals surface area contributed by atoms with Crippen molar-refractivity contribution in [2.24, 2.45) is 0 Å². The molecule has 0 aromatic carbocycles. The molecule has 3 fully saturated rings. The van der Waals surface area contributed by atoms with Gasteiger partial charge in [0, 0.05) is 43.0 Å². The van der Waals surface area contributed by atoms with Gasteiger partial charge in [0.25, 0.3) is 0 Å². The third-order valence-corrected chi connectivity index (χ3v) is 51.0. The second kappa shape index (κ2) is 22.2. The van der Waals surface area contributed by atoms with Gasteiger partial charge < -0.3 is 50.4 Å². The first-order chi connectivity index (χ1) is 26.3. The van der Waals surface area contributed by atoms with Crippen LogP contribution in [-0.4, -0.2) is 89.9 Å². The van der Waals surface area contributed by atoms with Crippen LogP contribution in [0.15, 0.2) is 0 Å². The van der Waals surface area contributed by atoms with Gasteiger partial charge in [-0.2, -0.15) is 0 Å². The van der Waals surface area contributed by atoms with Crippen LogP contribution in [0.25, 0.3) is 0 Å². The average Bonchev–Trinajstić information content (AvgIpc) is 3.09. The van der Waals surface area contributed by atoms with Gasteiger partial charge in [-0.3, -0.25) is 0 Å². The molecule has 21 heteroatoms. The second-order valence-corrected chi connectivity index (χ2v) is 48.9. The van der Waals surface area contributed by atoms with Gasteiger partial charge in [0.1, 0.15) is 0 Å². The fraction of sp³-hybridized carbons (Fsp3) is 1.00. The van der Waals surface area contributed by atoms with Crippen molar-refractivity contribution in [3.63, 3.8) is 0 Å². The van der Waals surface area contributed by atoms with Crippen molar-refractivity contribution >= 4 is 78.0 Å². The monoisotopic (exact) mass is 948 g/mol. The first kappa shape index (κ1) is 51.8. The van der Waals surface area contributed by atoms with E-state index in [4.69, 9.17) is 45.6 Å². The highest BCUT2D eigenvalue weighted by Crippen LogP contribution is 2.51. The van der Waals surface area contributed by atoms with Crippen LogP contribution in [0, 0.1) is 0 Å². The van der Waals surface area contributed by atoms with E-state index >= 15 is 0 Å². The Morgan fingerprint density at radius 1 is 0.464 bits per heavy atom. The first-order valence-electron chi connectivity index (χ1n) is 22.6. The third-order valence-electron chi connectivity index (χ3n) is 10.4. The van der Waals surface area contributed by atoms with E-state index in [1.54, 1.807) is 7.11 Å². The lowest BCUT2D eigenvalue weighted by molar-refractivity contribution is 0.0483. The van der Waals surface area contributed by atoms with Gasteiger partial charge in [0.05, 0.1) is 0 Å². The highest BCUT2D eigenvalue weighted by atomic mass is 28.6. The summed E-state index contributed by atoms with van der Waals surface area (Å²) in [4.78, 5) is 13.1. The number of rotatable bonds is 26. The topological polar surface area (TPSA) is 122 Å². The van der Waals surface area contributed by atoms with Crippen LogP contribution in [0.5, 0.6) is 0 Å². The second-order valence-electron chi connectivity index (χ2n) is 17.9. The molecule has 332 valence electrons. The van der Waals surface area contributed by atoms with Crippen molar-refractivity contribution in [3.8, 4) is 0 Å². The molecule has 7 atom stereocenters. The Bertz CT molecular complexity index is 1180. The smallest absolute Gasteiger partial charge is 0.437 e. The molecule has 4 unspecified atom stereocenters. The molecule has 0 radical (unpaired) electrons. The highest BCUT2D eigenvalue weighted by Gasteiger charge is 2.75. The summed E-state index contributed by atoms with van der Waals surface area (Å²) in [5.74, 6) is 0. The number of hydrogen-bond donors (Lipinski definition) is 1. The average molecular weight is 950 g/mol. The Morgan fingerprint density at radius 3 is 1.29 bits per heavy atom. The van der Waals surface area contributed by atoms with Crippen molar-refractivity contribution in [2.75, 3.05) is 7.11 Å². The van der Waals surface area contributed by atoms with E-state index in [1.807, 2.05) is 0 Å². The largest absolute Gasteiger partial charge is 0.484 e. The normalized spacial score (nSPS) is 35.5. The molecule has 56 heavy (non-hydrogen) atoms. The minimum atomic E-state index is -4.12. The summed E-state index contributed by atoms with van der Waals surface area (Å²) in [7, 11) is -29.3. The van der Waals surface area contributed by atoms with Crippen molar-refractivity contribution in [3.05, 3.63) is 0 Å². The molecule has 0 spiro atoms. The molecule has 0 aromatic heterocycles. The molecule has 0 saturated carbocycles. The molecular weight excluding hydrogens is 865 g/mol. The maximum Gasteiger partial charge on any atom is 0.484 e. The minimum absolute atomic E-state index is 0.352. The van der Waals surface area contributed by atoms with Crippen molar-refractivity contribution < 1.29 is 50.4 Å². The number of hydrogen-bond acceptors (Lipinski definition) is 12. The molecule has 3 aliphatic heterocycles. The molecular formula is C35H84O12Si9. The van der Waals surface area contributed by atoms with Gasteiger partial charge in [-0.15, -0.1) is 0 Å². The first-order valence-corrected chi connectivity index (χ1v) is 42.9. The Balaban J connectivity index is 2.57. The summed E-state index contributed by atoms with van der Waals surface area (Å²) in [6, 6.07) is 4.01. The van der Waals surface area contributed by atoms with Gasteiger partial charge in [-0.1, -0.05) is 106 Å². The van der Waals surface area contributed by atoms with Crippen LogP contribution in [-0.2, 0) is 45.6 Å². The predicted molar refractivity (Wildman–Crippen MR) is 244 cm³/mol. The Morgan fingerprint density at radius 2 is 0.839 bits per heavy atom. The van der Waals surface area contributed by atoms with Crippen molar-refractivity contribution in [2.45, 2.75) is 219 Å². The van der Waals surface area contributed by atoms with E-state index in [0.29, 0.717) is 41.9 Å². The molecule has 0 aliphatic carbocycles. The SMILES string of the molecule is CCCC[Si]1(O)O[Si]2(CCCC)O[Si](CCCC)(O[Si](C)(C)O[Si](C)(C)C)O[Si@@]3(CCCC)C[Si@](CCCC)(O2)O[Si](CCCC)(O1)O[Si@@](CCCC)(OC)O3. The Labute approximate surface area is 352 Å². The van der Waals surface area contributed by atoms with Crippen LogP contribution >= 0.6 is 0 Å². The lowest BCUT2D eigenvalue weighted by atomic mass is 10.4. The standard InChI is InChI=1S/C35H84O12Si9/c1-14-21-28-50-35-51(29-22-15-2)42-55(33-26-19-6,46-53(37-8,40-50)31-24-17-4)44-52(36,30-23-16-3)45-56(43-51,34-27-20-7)47-54(41-50,32-25-18-5)39-49(12,13)38-48(9,10)11/h36H,14-35H2,1-13H3/t50-,51-,52?,53-,54?,55?,56?/m0/s1. The van der Waals surface area contributed by atoms with E-state index in [9.17, 15) is 4.80 Å². The quantitative estimate of drug-likeness (QED) is 0.0831. The summed E-state index contributed by atoms with van der Waals surface area (Å²) in [5.41, 5.74) is 0.543. The predicted octanol–water partition coefficient (Wildman–Crippen LogP) is 11.1. The Kier molecular flexibility index (Phi) is 20.5. The van der Waals surface area contributed by atoms with Gasteiger partial charge >= 0.3 is 69.7 Å². The fourth-order valence-corrected chi connectivity index (χ4v) is 63.4. The molecule has 4 bridgehead atoms. The van der Waals surface area contributed by atoms with Gasteiger partial charge in [0.15, 0.2) is 8.32 Å². The van der Waals surface area contributed by atoms with Crippen molar-refractivity contribution in [1.82, 2.24) is 0 Å². The van der Waals surface area contributed by atoms with Gasteiger partial charge in [0.2, 0.25) is 0 Å². The summed E-state index contributed by atoms with van der Waals surface area (Å²) >= 11 is 0. The highest BCUT2D eigenvalue weighted by molar-refractivity contribution is 7.03. The van der Waals surface area contributed by atoms with Crippen LogP contribution in [0.1, 0.15) is 138 Å². The number of unbranched alkanes of at least 4 members (excludes halogenated alkanes) is 7. The molecule has 12 nitrogen and oxygen atoms in total. The van der Waals surface area contributed by atoms with Gasteiger partial charge in [-0.25, -0.2) is 0 Å². The lowest BCUT2D eigenvalue weighted by Crippen LogP contribution is -2.81. The summed E-state index contributed by atoms with van der Waals surface area (Å²) in [6.45, 7) is 26.2. The van der Waals surface area contributed by atoms with E-state index in [1.165, 1.54) is 0 Å². The summed E-state index contributed by atoms with van der Waals surface area (Å²) in [6.07, 6.45) is 12.3. The summed E-state index contributed by atoms with van der Waals surface area (Å²) < 4.78 is 82.9. The maximum absolute atomic E-state index is 13.1. The van der Waals surface area contributed by atoms with E-state index in [0.717, 1.165) is 95.9 Å². The molecule has 3 saturated heterocycles. The van der Waals surface area contributed by atoms with Crippen LogP contribution in [0.2, 0.25) is 80.7 Å². The van der Waals surface area contributed by atoms with E-state index < -0.39 is 78.0 Å². The molecule has 3 rings (SSSR count). The lowest BCUT2D eigenvalue weighted by Gasteiger charge is -2.59. The van der Waals surface area contributed by atoms with E-state index in [2.05, 4.69) is 81.2 Å². The zero-order valence-electron chi connectivity index (χ0n) is 38.0. The number of fused-ring (bicyclic) bond motifs is 3. The molecule has 3 aliphatic rings. The minimum Gasteiger partial charge on any atom is -0.437 e. The Hall–Kier alpha value is 1.47. The molecule has 0 amide bonds. The van der Waals surface area contributed by atoms with Crippen LogP contribution < -0.4 is 0 Å². The third kappa shape index (κ3) is 14.8. The molecule has 1 N–H and O–H groups in total. The van der Waals surface area contributed by atoms with E-state index in [-0.39, 0.29) is 0 Å². The zero-order chi connectivity index (χ0) is 41.8. The summed E-state index contributed by atoms with van der Waals surface area (Å²) in [5, 5.41) is 0. The molecule has 3 heterocycles. The molecule has 0 aromatic rings. The zero-order valence-corrected chi connectivity index (χ0v) is 47.0.